The number of hydrogen-bond donors (Lipinski definition) is 1. The Morgan fingerprint density at radius 2 is 1.71 bits per heavy atom. The van der Waals surface area contributed by atoms with E-state index in [0.717, 1.165) is 0 Å². The molecule has 21 heavy (non-hydrogen) atoms. The van der Waals surface area contributed by atoms with Crippen LogP contribution in [0, 0.1) is 6.92 Å². The molecule has 0 spiro atoms. The van der Waals surface area contributed by atoms with Crippen LogP contribution in [0.1, 0.15) is 5.76 Å². The van der Waals surface area contributed by atoms with Crippen LogP contribution in [0.25, 0.3) is 10.8 Å². The normalized spacial score (nSPS) is 12.0. The summed E-state index contributed by atoms with van der Waals surface area (Å²) in [5.41, 5.74) is 0.156. The second-order valence-electron chi connectivity index (χ2n) is 4.43. The van der Waals surface area contributed by atoms with Gasteiger partial charge in [-0.1, -0.05) is 29.4 Å². The summed E-state index contributed by atoms with van der Waals surface area (Å²) in [6.45, 7) is 1.68. The lowest BCUT2D eigenvalue weighted by Crippen LogP contribution is -2.48. The van der Waals surface area contributed by atoms with Gasteiger partial charge in [0.2, 0.25) is 10.9 Å². The maximum Gasteiger partial charge on any atom is 0.257 e. The average Bonchev–Trinajstić information content (AvgIpc) is 2.90. The van der Waals surface area contributed by atoms with Gasteiger partial charge in [-0.3, -0.25) is 19.8 Å². The van der Waals surface area contributed by atoms with Crippen molar-refractivity contribution in [1.82, 2.24) is 5.16 Å². The van der Waals surface area contributed by atoms with E-state index in [0.29, 0.717) is 5.76 Å². The van der Waals surface area contributed by atoms with Gasteiger partial charge in [-0.25, -0.2) is 0 Å². The van der Waals surface area contributed by atoms with Gasteiger partial charge in [0.25, 0.3) is 5.43 Å². The van der Waals surface area contributed by atoms with Gasteiger partial charge in [0.15, 0.2) is 11.2 Å². The van der Waals surface area contributed by atoms with Crippen LogP contribution in [0.2, 0.25) is 0 Å². The molecule has 7 nitrogen and oxygen atoms in total. The molecular weight excluding hydrogens is 274 g/mol. The number of nitrogens with one attached hydrogen (secondary N) is 1. The lowest BCUT2D eigenvalue weighted by Gasteiger charge is -1.94. The predicted molar refractivity (Wildman–Crippen MR) is 75.6 cm³/mol. The standard InChI is InChI=1S/C14H9N3O4/c1-7-6-10(17-21-7)15-16-11-12(18)8-4-2-3-5-9(8)13(19)14(11)20/h2-6H,1H3,(H,15,17)/b16-11+. The first-order valence-electron chi connectivity index (χ1n) is 6.07. The summed E-state index contributed by atoms with van der Waals surface area (Å²) < 4.78 is 4.82. The zero-order chi connectivity index (χ0) is 15.0. The Balaban J connectivity index is 2.26. The number of aromatic nitrogens is 1. The molecule has 2 aromatic carbocycles. The summed E-state index contributed by atoms with van der Waals surface area (Å²) >= 11 is 0. The molecule has 0 saturated carbocycles. The quantitative estimate of drug-likeness (QED) is 0.525. The minimum absolute atomic E-state index is 0.101. The molecule has 3 rings (SSSR count). The van der Waals surface area contributed by atoms with Crippen molar-refractivity contribution in [3.63, 3.8) is 0 Å². The zero-order valence-electron chi connectivity index (χ0n) is 10.9. The highest BCUT2D eigenvalue weighted by Gasteiger charge is 2.10. The number of fused-ring (bicyclic) bond motifs is 1. The van der Waals surface area contributed by atoms with Crippen molar-refractivity contribution in [3.8, 4) is 0 Å². The maximum absolute atomic E-state index is 12.2. The van der Waals surface area contributed by atoms with E-state index < -0.39 is 21.6 Å². The van der Waals surface area contributed by atoms with Gasteiger partial charge in [-0.05, 0) is 6.92 Å². The summed E-state index contributed by atoms with van der Waals surface area (Å²) in [6, 6.07) is 7.68. The van der Waals surface area contributed by atoms with Crippen LogP contribution in [-0.4, -0.2) is 5.16 Å². The first kappa shape index (κ1) is 12.9. The molecule has 0 amide bonds. The van der Waals surface area contributed by atoms with Gasteiger partial charge < -0.3 is 4.52 Å². The predicted octanol–water partition coefficient (Wildman–Crippen LogP) is 0.0202. The minimum Gasteiger partial charge on any atom is -0.359 e. The number of hydrogen-bond acceptors (Lipinski definition) is 7. The number of benzene rings is 2. The summed E-state index contributed by atoms with van der Waals surface area (Å²) in [7, 11) is 0. The third-order valence-electron chi connectivity index (χ3n) is 2.96. The second kappa shape index (κ2) is 4.78. The molecule has 0 unspecified atom stereocenters. The Morgan fingerprint density at radius 1 is 1.05 bits per heavy atom. The Bertz CT molecular complexity index is 1040. The SMILES string of the molecule is Cc1cc(N/N=c2/c(=O)c(=O)c3ccccc3c2=O)no1. The molecule has 1 aromatic heterocycles. The van der Waals surface area contributed by atoms with E-state index in [1.807, 2.05) is 0 Å². The van der Waals surface area contributed by atoms with Crippen molar-refractivity contribution in [2.24, 2.45) is 5.10 Å². The van der Waals surface area contributed by atoms with Gasteiger partial charge in [-0.15, -0.1) is 0 Å². The Kier molecular flexibility index (Phi) is 2.94. The molecule has 104 valence electrons. The van der Waals surface area contributed by atoms with Gasteiger partial charge in [0.1, 0.15) is 5.76 Å². The fourth-order valence-electron chi connectivity index (χ4n) is 1.97. The first-order chi connectivity index (χ1) is 10.1. The number of nitrogens with zero attached hydrogens (tertiary/aromatic N) is 2. The molecule has 0 bridgehead atoms. The van der Waals surface area contributed by atoms with E-state index in [4.69, 9.17) is 4.52 Å². The molecule has 1 heterocycles. The number of anilines is 1. The van der Waals surface area contributed by atoms with Crippen molar-refractivity contribution in [2.45, 2.75) is 6.92 Å². The molecule has 3 aromatic rings. The van der Waals surface area contributed by atoms with Crippen molar-refractivity contribution in [2.75, 3.05) is 5.43 Å². The van der Waals surface area contributed by atoms with Crippen molar-refractivity contribution < 1.29 is 4.52 Å². The molecule has 7 heteroatoms. The molecule has 0 aliphatic carbocycles. The fraction of sp³-hybridized carbons (Fsp3) is 0.0714. The summed E-state index contributed by atoms with van der Waals surface area (Å²) in [6.07, 6.45) is 0. The fourth-order valence-corrected chi connectivity index (χ4v) is 1.97. The smallest absolute Gasteiger partial charge is 0.257 e. The van der Waals surface area contributed by atoms with E-state index in [1.165, 1.54) is 18.2 Å². The van der Waals surface area contributed by atoms with Crippen LogP contribution >= 0.6 is 0 Å². The van der Waals surface area contributed by atoms with Gasteiger partial charge >= 0.3 is 0 Å². The largest absolute Gasteiger partial charge is 0.359 e. The Labute approximate surface area is 116 Å². The van der Waals surface area contributed by atoms with Crippen LogP contribution in [-0.2, 0) is 0 Å². The molecule has 0 radical (unpaired) electrons. The highest BCUT2D eigenvalue weighted by Crippen LogP contribution is 2.06. The average molecular weight is 283 g/mol. The lowest BCUT2D eigenvalue weighted by atomic mass is 10.1. The molecule has 0 aliphatic heterocycles. The Hall–Kier alpha value is -3.09. The topological polar surface area (TPSA) is 102 Å². The minimum atomic E-state index is -0.939. The van der Waals surface area contributed by atoms with Crippen LogP contribution < -0.4 is 27.1 Å². The van der Waals surface area contributed by atoms with Crippen molar-refractivity contribution in [1.29, 1.82) is 0 Å². The van der Waals surface area contributed by atoms with Gasteiger partial charge in [0.05, 0.1) is 0 Å². The zero-order valence-corrected chi connectivity index (χ0v) is 10.9. The Morgan fingerprint density at radius 3 is 2.33 bits per heavy atom. The molecule has 0 fully saturated rings. The van der Waals surface area contributed by atoms with Crippen molar-refractivity contribution >= 4 is 16.6 Å². The van der Waals surface area contributed by atoms with E-state index in [9.17, 15) is 14.4 Å². The summed E-state index contributed by atoms with van der Waals surface area (Å²) in [4.78, 5) is 36.1. The van der Waals surface area contributed by atoms with Gasteiger partial charge in [0, 0.05) is 16.8 Å². The molecule has 0 saturated heterocycles. The third-order valence-corrected chi connectivity index (χ3v) is 2.96. The first-order valence-corrected chi connectivity index (χ1v) is 6.07. The molecule has 0 atom stereocenters. The second-order valence-corrected chi connectivity index (χ2v) is 4.43. The van der Waals surface area contributed by atoms with Crippen molar-refractivity contribution in [3.05, 3.63) is 72.1 Å². The van der Waals surface area contributed by atoms with E-state index >= 15 is 0 Å². The molecule has 1 N–H and O–H groups in total. The molecule has 0 aliphatic rings. The van der Waals surface area contributed by atoms with Crippen LogP contribution in [0.3, 0.4) is 0 Å². The van der Waals surface area contributed by atoms with Gasteiger partial charge in [-0.2, -0.15) is 5.10 Å². The van der Waals surface area contributed by atoms with E-state index in [2.05, 4.69) is 15.7 Å². The summed E-state index contributed by atoms with van der Waals surface area (Å²) in [5, 5.41) is 7.12. The highest BCUT2D eigenvalue weighted by atomic mass is 16.5. The number of rotatable bonds is 2. The van der Waals surface area contributed by atoms with Crippen LogP contribution in [0.5, 0.6) is 0 Å². The molecular formula is C14H9N3O4. The van der Waals surface area contributed by atoms with Crippen LogP contribution in [0.15, 0.2) is 54.3 Å². The van der Waals surface area contributed by atoms with E-state index in [1.54, 1.807) is 19.1 Å². The highest BCUT2D eigenvalue weighted by molar-refractivity contribution is 5.81. The monoisotopic (exact) mass is 283 g/mol. The van der Waals surface area contributed by atoms with Crippen LogP contribution in [0.4, 0.5) is 5.82 Å². The third kappa shape index (κ3) is 2.14. The number of aryl methyl sites for hydroxylation is 1. The lowest BCUT2D eigenvalue weighted by molar-refractivity contribution is 0.399. The maximum atomic E-state index is 12.2. The summed E-state index contributed by atoms with van der Waals surface area (Å²) in [5.74, 6) is 0.785. The van der Waals surface area contributed by atoms with E-state index in [-0.39, 0.29) is 16.6 Å².